The smallest absolute Gasteiger partial charge is 0.119 e. The Morgan fingerprint density at radius 3 is 2.54 bits per heavy atom. The maximum absolute atomic E-state index is 10.6. The van der Waals surface area contributed by atoms with Gasteiger partial charge in [-0.2, -0.15) is 0 Å². The number of aryl methyl sites for hydroxylation is 1. The lowest BCUT2D eigenvalue weighted by Gasteiger charge is -2.50. The molecule has 0 saturated heterocycles. The summed E-state index contributed by atoms with van der Waals surface area (Å²) in [7, 11) is 0. The molecule has 3 aliphatic carbocycles. The number of phenols is 1. The summed E-state index contributed by atoms with van der Waals surface area (Å²) < 4.78 is 0. The Hall–Kier alpha value is -1.02. The minimum Gasteiger partial charge on any atom is -0.508 e. The van der Waals surface area contributed by atoms with Gasteiger partial charge in [0.2, 0.25) is 0 Å². The summed E-state index contributed by atoms with van der Waals surface area (Å²) in [6.45, 7) is 6.74. The number of aromatic hydroxyl groups is 1. The molecule has 24 heavy (non-hydrogen) atoms. The summed E-state index contributed by atoms with van der Waals surface area (Å²) in [6.07, 6.45) is 8.74. The average Bonchev–Trinajstić information content (AvgIpc) is 2.88. The summed E-state index contributed by atoms with van der Waals surface area (Å²) in [5, 5.41) is 21.0. The molecule has 0 unspecified atom stereocenters. The lowest BCUT2D eigenvalue weighted by molar-refractivity contribution is -0.0227. The summed E-state index contributed by atoms with van der Waals surface area (Å²) in [6, 6.07) is 2.07. The van der Waals surface area contributed by atoms with E-state index >= 15 is 0 Å². The third kappa shape index (κ3) is 2.11. The van der Waals surface area contributed by atoms with Crippen molar-refractivity contribution in [1.82, 2.24) is 0 Å². The molecule has 0 aromatic heterocycles. The minimum atomic E-state index is -0.0958. The van der Waals surface area contributed by atoms with Crippen molar-refractivity contribution in [2.45, 2.75) is 84.2 Å². The van der Waals surface area contributed by atoms with Crippen LogP contribution >= 0.6 is 0 Å². The van der Waals surface area contributed by atoms with Gasteiger partial charge in [0.15, 0.2) is 0 Å². The van der Waals surface area contributed by atoms with Crippen LogP contribution < -0.4 is 0 Å². The first-order valence-electron chi connectivity index (χ1n) is 10.1. The van der Waals surface area contributed by atoms with Crippen LogP contribution in [0.15, 0.2) is 6.07 Å². The van der Waals surface area contributed by atoms with E-state index in [0.29, 0.717) is 17.6 Å². The number of hydrogen-bond acceptors (Lipinski definition) is 2. The molecule has 0 heterocycles. The van der Waals surface area contributed by atoms with Gasteiger partial charge < -0.3 is 10.2 Å². The van der Waals surface area contributed by atoms with Crippen LogP contribution in [0.5, 0.6) is 5.75 Å². The van der Waals surface area contributed by atoms with E-state index in [1.54, 1.807) is 5.56 Å². The monoisotopic (exact) mass is 328 g/mol. The molecule has 1 aromatic carbocycles. The van der Waals surface area contributed by atoms with Crippen LogP contribution in [0.2, 0.25) is 0 Å². The van der Waals surface area contributed by atoms with Crippen LogP contribution in [-0.2, 0) is 19.3 Å². The minimum absolute atomic E-state index is 0.0958. The molecule has 0 bridgehead atoms. The highest BCUT2D eigenvalue weighted by Gasteiger charge is 2.54. The summed E-state index contributed by atoms with van der Waals surface area (Å²) in [4.78, 5) is 0. The van der Waals surface area contributed by atoms with Crippen LogP contribution in [0.4, 0.5) is 0 Å². The molecule has 0 aliphatic heterocycles. The van der Waals surface area contributed by atoms with Gasteiger partial charge in [-0.25, -0.2) is 0 Å². The lowest BCUT2D eigenvalue weighted by atomic mass is 9.54. The maximum Gasteiger partial charge on any atom is 0.119 e. The standard InChI is InChI=1S/C22H32O2/c1-4-14-15(5-2)21-13(12-19(14)23)6-7-16-17(21)10-11-22(3)18(16)8-9-20(22)24/h12,16-18,20,23-24H,4-11H2,1-3H3/t16-,17+,18+,20+,22+/m1/s1. The summed E-state index contributed by atoms with van der Waals surface area (Å²) in [5.41, 5.74) is 5.76. The van der Waals surface area contributed by atoms with Crippen LogP contribution in [0.1, 0.15) is 81.0 Å². The molecule has 2 heteroatoms. The zero-order valence-corrected chi connectivity index (χ0v) is 15.4. The van der Waals surface area contributed by atoms with Crippen molar-refractivity contribution in [2.75, 3.05) is 0 Å². The Morgan fingerprint density at radius 2 is 1.83 bits per heavy atom. The summed E-state index contributed by atoms with van der Waals surface area (Å²) in [5.74, 6) is 2.58. The van der Waals surface area contributed by atoms with E-state index in [9.17, 15) is 10.2 Å². The zero-order chi connectivity index (χ0) is 17.1. The highest BCUT2D eigenvalue weighted by molar-refractivity contribution is 5.52. The highest BCUT2D eigenvalue weighted by Crippen LogP contribution is 2.61. The van der Waals surface area contributed by atoms with E-state index in [4.69, 9.17) is 0 Å². The molecule has 3 aliphatic rings. The fraction of sp³-hybridized carbons (Fsp3) is 0.727. The molecule has 2 nitrogen and oxygen atoms in total. The fourth-order valence-corrected chi connectivity index (χ4v) is 6.65. The number of fused-ring (bicyclic) bond motifs is 5. The topological polar surface area (TPSA) is 40.5 Å². The first kappa shape index (κ1) is 16.4. The third-order valence-corrected chi connectivity index (χ3v) is 7.87. The normalized spacial score (nSPS) is 37.7. The van der Waals surface area contributed by atoms with E-state index in [1.165, 1.54) is 36.0 Å². The molecule has 0 amide bonds. The summed E-state index contributed by atoms with van der Waals surface area (Å²) >= 11 is 0. The molecule has 1 aromatic rings. The Bertz CT molecular complexity index is 650. The molecule has 2 N–H and O–H groups in total. The SMILES string of the molecule is CCc1c(O)cc2c(c1CC)[C@H]1CC[C@]3(C)[C@@H](O)CC[C@H]3[C@@H]1CC2. The van der Waals surface area contributed by atoms with Crippen molar-refractivity contribution in [3.8, 4) is 5.75 Å². The van der Waals surface area contributed by atoms with Crippen LogP contribution in [0, 0.1) is 17.3 Å². The quantitative estimate of drug-likeness (QED) is 0.823. The third-order valence-electron chi connectivity index (χ3n) is 7.87. The first-order chi connectivity index (χ1) is 11.5. The van der Waals surface area contributed by atoms with E-state index in [0.717, 1.165) is 38.0 Å². The van der Waals surface area contributed by atoms with Crippen LogP contribution in [-0.4, -0.2) is 16.3 Å². The number of hydrogen-bond donors (Lipinski definition) is 2. The van der Waals surface area contributed by atoms with E-state index < -0.39 is 0 Å². The van der Waals surface area contributed by atoms with Gasteiger partial charge in [0.25, 0.3) is 0 Å². The second-order valence-electron chi connectivity index (χ2n) is 8.69. The van der Waals surface area contributed by atoms with Crippen molar-refractivity contribution in [1.29, 1.82) is 0 Å². The fourth-order valence-electron chi connectivity index (χ4n) is 6.65. The molecule has 5 atom stereocenters. The van der Waals surface area contributed by atoms with Gasteiger partial charge in [-0.1, -0.05) is 20.8 Å². The van der Waals surface area contributed by atoms with Gasteiger partial charge in [-0.15, -0.1) is 0 Å². The highest BCUT2D eigenvalue weighted by atomic mass is 16.3. The molecular weight excluding hydrogens is 296 g/mol. The Kier molecular flexibility index (Phi) is 3.95. The van der Waals surface area contributed by atoms with Crippen molar-refractivity contribution in [2.24, 2.45) is 17.3 Å². The zero-order valence-electron chi connectivity index (χ0n) is 15.4. The Balaban J connectivity index is 1.80. The predicted molar refractivity (Wildman–Crippen MR) is 97.5 cm³/mol. The Morgan fingerprint density at radius 1 is 1.08 bits per heavy atom. The predicted octanol–water partition coefficient (Wildman–Crippen LogP) is 4.73. The molecule has 0 radical (unpaired) electrons. The van der Waals surface area contributed by atoms with E-state index in [1.807, 2.05) is 0 Å². The van der Waals surface area contributed by atoms with Crippen molar-refractivity contribution in [3.63, 3.8) is 0 Å². The van der Waals surface area contributed by atoms with Crippen molar-refractivity contribution >= 4 is 0 Å². The molecule has 0 spiro atoms. The molecule has 2 fully saturated rings. The van der Waals surface area contributed by atoms with E-state index in [2.05, 4.69) is 26.8 Å². The molecule has 4 rings (SSSR count). The van der Waals surface area contributed by atoms with Crippen LogP contribution in [0.25, 0.3) is 0 Å². The average molecular weight is 328 g/mol. The number of rotatable bonds is 2. The van der Waals surface area contributed by atoms with Crippen LogP contribution in [0.3, 0.4) is 0 Å². The first-order valence-corrected chi connectivity index (χ1v) is 10.1. The van der Waals surface area contributed by atoms with E-state index in [-0.39, 0.29) is 11.5 Å². The number of benzene rings is 1. The molecular formula is C22H32O2. The lowest BCUT2D eigenvalue weighted by Crippen LogP contribution is -2.44. The largest absolute Gasteiger partial charge is 0.508 e. The molecule has 2 saturated carbocycles. The van der Waals surface area contributed by atoms with Gasteiger partial charge in [0.1, 0.15) is 5.75 Å². The van der Waals surface area contributed by atoms with Gasteiger partial charge in [0, 0.05) is 0 Å². The number of phenolic OH excluding ortho intramolecular Hbond substituents is 1. The van der Waals surface area contributed by atoms with Gasteiger partial charge in [-0.3, -0.25) is 0 Å². The van der Waals surface area contributed by atoms with Crippen molar-refractivity contribution in [3.05, 3.63) is 28.3 Å². The Labute approximate surface area is 146 Å². The second kappa shape index (κ2) is 5.76. The number of aliphatic hydroxyl groups excluding tert-OH is 1. The van der Waals surface area contributed by atoms with Gasteiger partial charge in [-0.05, 0) is 103 Å². The second-order valence-corrected chi connectivity index (χ2v) is 8.69. The van der Waals surface area contributed by atoms with Crippen molar-refractivity contribution < 1.29 is 10.2 Å². The number of aliphatic hydroxyl groups is 1. The van der Waals surface area contributed by atoms with Gasteiger partial charge >= 0.3 is 0 Å². The molecule has 132 valence electrons. The maximum atomic E-state index is 10.6. The van der Waals surface area contributed by atoms with Gasteiger partial charge in [0.05, 0.1) is 6.10 Å².